The van der Waals surface area contributed by atoms with Gasteiger partial charge in [0.2, 0.25) is 5.91 Å². The molecular weight excluding hydrogens is 459 g/mol. The number of benzene rings is 3. The van der Waals surface area contributed by atoms with Gasteiger partial charge in [0, 0.05) is 10.0 Å². The minimum atomic E-state index is -4.02. The van der Waals surface area contributed by atoms with Crippen molar-refractivity contribution in [1.29, 1.82) is 0 Å². The summed E-state index contributed by atoms with van der Waals surface area (Å²) in [7, 11) is -2.56. The Morgan fingerprint density at radius 3 is 2.19 bits per heavy atom. The third-order valence-corrected chi connectivity index (χ3v) is 6.72. The van der Waals surface area contributed by atoms with E-state index in [0.29, 0.717) is 27.2 Å². The highest BCUT2D eigenvalue weighted by molar-refractivity contribution is 7.92. The van der Waals surface area contributed by atoms with E-state index in [0.717, 1.165) is 9.87 Å². The number of amides is 1. The molecule has 1 N–H and O–H groups in total. The first kappa shape index (κ1) is 22.9. The summed E-state index contributed by atoms with van der Waals surface area (Å²) in [5.74, 6) is -0.164. The van der Waals surface area contributed by atoms with Gasteiger partial charge in [-0.15, -0.1) is 0 Å². The van der Waals surface area contributed by atoms with Gasteiger partial charge in [-0.2, -0.15) is 0 Å². The molecule has 0 saturated heterocycles. The van der Waals surface area contributed by atoms with E-state index in [9.17, 15) is 13.2 Å². The van der Waals surface area contributed by atoms with Crippen LogP contribution in [0.25, 0.3) is 0 Å². The zero-order valence-corrected chi connectivity index (χ0v) is 19.1. The fraction of sp³-hybridized carbons (Fsp3) is 0.136. The van der Waals surface area contributed by atoms with Crippen LogP contribution in [0.3, 0.4) is 0 Å². The molecule has 0 aliphatic carbocycles. The van der Waals surface area contributed by atoms with Crippen LogP contribution >= 0.6 is 23.2 Å². The SMILES string of the molecule is COc1ccc(Cl)cc1NC(=O)CN(c1ccc(Cl)cc1)S(=O)(=O)c1ccc(C)cc1. The Labute approximate surface area is 191 Å². The lowest BCUT2D eigenvalue weighted by Crippen LogP contribution is -2.38. The number of ether oxygens (including phenoxy) is 1. The molecule has 0 spiro atoms. The quantitative estimate of drug-likeness (QED) is 0.509. The fourth-order valence-corrected chi connectivity index (χ4v) is 4.58. The van der Waals surface area contributed by atoms with Crippen molar-refractivity contribution < 1.29 is 17.9 Å². The molecule has 0 fully saturated rings. The Hall–Kier alpha value is -2.74. The topological polar surface area (TPSA) is 75.7 Å². The summed E-state index contributed by atoms with van der Waals surface area (Å²) in [6, 6.07) is 17.4. The van der Waals surface area contributed by atoms with Gasteiger partial charge in [0.05, 0.1) is 23.4 Å². The number of methoxy groups -OCH3 is 1. The smallest absolute Gasteiger partial charge is 0.264 e. The second-order valence-corrected chi connectivity index (χ2v) is 9.43. The van der Waals surface area contributed by atoms with Gasteiger partial charge in [-0.1, -0.05) is 40.9 Å². The van der Waals surface area contributed by atoms with Gasteiger partial charge in [0.25, 0.3) is 10.0 Å². The number of rotatable bonds is 7. The number of carbonyl (C=O) groups is 1. The van der Waals surface area contributed by atoms with Crippen molar-refractivity contribution >= 4 is 50.5 Å². The highest BCUT2D eigenvalue weighted by Gasteiger charge is 2.27. The molecule has 0 bridgehead atoms. The third-order valence-electron chi connectivity index (χ3n) is 4.45. The molecule has 0 unspecified atom stereocenters. The number of hydrogen-bond donors (Lipinski definition) is 1. The van der Waals surface area contributed by atoms with Crippen molar-refractivity contribution in [2.24, 2.45) is 0 Å². The predicted octanol–water partition coefficient (Wildman–Crippen LogP) is 5.14. The minimum absolute atomic E-state index is 0.0705. The molecule has 31 heavy (non-hydrogen) atoms. The molecule has 0 radical (unpaired) electrons. The summed E-state index contributed by atoms with van der Waals surface area (Å²) in [4.78, 5) is 12.9. The molecule has 0 aliphatic heterocycles. The maximum atomic E-state index is 13.4. The Kier molecular flexibility index (Phi) is 7.10. The predicted molar refractivity (Wildman–Crippen MR) is 124 cm³/mol. The van der Waals surface area contributed by atoms with E-state index < -0.39 is 22.5 Å². The van der Waals surface area contributed by atoms with Crippen molar-refractivity contribution in [1.82, 2.24) is 0 Å². The molecule has 0 aliphatic rings. The van der Waals surface area contributed by atoms with Crippen LogP contribution in [0.2, 0.25) is 10.0 Å². The maximum Gasteiger partial charge on any atom is 0.264 e. The van der Waals surface area contributed by atoms with Crippen molar-refractivity contribution in [2.45, 2.75) is 11.8 Å². The second-order valence-electron chi connectivity index (χ2n) is 6.69. The number of anilines is 2. The summed E-state index contributed by atoms with van der Waals surface area (Å²) < 4.78 is 33.0. The first-order chi connectivity index (χ1) is 14.7. The Balaban J connectivity index is 1.95. The number of sulfonamides is 1. The van der Waals surface area contributed by atoms with Gasteiger partial charge in [-0.25, -0.2) is 8.42 Å². The third kappa shape index (κ3) is 5.50. The van der Waals surface area contributed by atoms with E-state index in [1.54, 1.807) is 48.5 Å². The molecular formula is C22H20Cl2N2O4S. The lowest BCUT2D eigenvalue weighted by atomic mass is 10.2. The van der Waals surface area contributed by atoms with E-state index in [1.807, 2.05) is 6.92 Å². The molecule has 0 atom stereocenters. The van der Waals surface area contributed by atoms with Crippen LogP contribution < -0.4 is 14.4 Å². The number of aryl methyl sites for hydroxylation is 1. The highest BCUT2D eigenvalue weighted by atomic mass is 35.5. The average molecular weight is 479 g/mol. The van der Waals surface area contributed by atoms with Crippen LogP contribution in [0.15, 0.2) is 71.6 Å². The number of halogens is 2. The summed E-state index contributed by atoms with van der Waals surface area (Å²) >= 11 is 12.0. The van der Waals surface area contributed by atoms with Crippen LogP contribution in [0, 0.1) is 6.92 Å². The molecule has 3 aromatic carbocycles. The zero-order valence-electron chi connectivity index (χ0n) is 16.8. The van der Waals surface area contributed by atoms with Gasteiger partial charge < -0.3 is 10.1 Å². The van der Waals surface area contributed by atoms with Crippen LogP contribution in [-0.2, 0) is 14.8 Å². The van der Waals surface area contributed by atoms with Gasteiger partial charge in [0.1, 0.15) is 12.3 Å². The number of nitrogens with zero attached hydrogens (tertiary/aromatic N) is 1. The van der Waals surface area contributed by atoms with E-state index >= 15 is 0 Å². The number of nitrogens with one attached hydrogen (secondary N) is 1. The molecule has 0 aromatic heterocycles. The van der Waals surface area contributed by atoms with Crippen LogP contribution in [0.5, 0.6) is 5.75 Å². The summed E-state index contributed by atoms with van der Waals surface area (Å²) in [5, 5.41) is 3.52. The minimum Gasteiger partial charge on any atom is -0.495 e. The van der Waals surface area contributed by atoms with Gasteiger partial charge in [-0.05, 0) is 61.5 Å². The second kappa shape index (κ2) is 9.60. The largest absolute Gasteiger partial charge is 0.495 e. The van der Waals surface area contributed by atoms with Gasteiger partial charge in [0.15, 0.2) is 0 Å². The zero-order chi connectivity index (χ0) is 22.6. The van der Waals surface area contributed by atoms with Crippen LogP contribution in [0.1, 0.15) is 5.56 Å². The maximum absolute atomic E-state index is 13.4. The van der Waals surface area contributed by atoms with Crippen molar-refractivity contribution in [3.05, 3.63) is 82.3 Å². The lowest BCUT2D eigenvalue weighted by molar-refractivity contribution is -0.114. The summed E-state index contributed by atoms with van der Waals surface area (Å²) in [6.45, 7) is 1.40. The molecule has 1 amide bonds. The average Bonchev–Trinajstić information content (AvgIpc) is 2.73. The summed E-state index contributed by atoms with van der Waals surface area (Å²) in [6.07, 6.45) is 0. The molecule has 0 saturated carbocycles. The molecule has 3 aromatic rings. The van der Waals surface area contributed by atoms with E-state index in [4.69, 9.17) is 27.9 Å². The van der Waals surface area contributed by atoms with Gasteiger partial charge >= 0.3 is 0 Å². The van der Waals surface area contributed by atoms with Crippen LogP contribution in [-0.4, -0.2) is 28.0 Å². The first-order valence-electron chi connectivity index (χ1n) is 9.19. The number of hydrogen-bond acceptors (Lipinski definition) is 4. The highest BCUT2D eigenvalue weighted by Crippen LogP contribution is 2.29. The lowest BCUT2D eigenvalue weighted by Gasteiger charge is -2.24. The van der Waals surface area contributed by atoms with Crippen LogP contribution in [0.4, 0.5) is 11.4 Å². The van der Waals surface area contributed by atoms with Gasteiger partial charge in [-0.3, -0.25) is 9.10 Å². The Bertz CT molecular complexity index is 1180. The standard InChI is InChI=1S/C22H20Cl2N2O4S/c1-15-3-10-19(11-4-15)31(28,29)26(18-8-5-16(23)6-9-18)14-22(27)25-20-13-17(24)7-12-21(20)30-2/h3-13H,14H2,1-2H3,(H,25,27). The van der Waals surface area contributed by atoms with Crippen molar-refractivity contribution in [3.8, 4) is 5.75 Å². The molecule has 9 heteroatoms. The Morgan fingerprint density at radius 2 is 1.58 bits per heavy atom. The molecule has 162 valence electrons. The number of carbonyl (C=O) groups excluding carboxylic acids is 1. The molecule has 3 rings (SSSR count). The normalized spacial score (nSPS) is 11.1. The van der Waals surface area contributed by atoms with E-state index in [1.165, 1.54) is 25.3 Å². The monoisotopic (exact) mass is 478 g/mol. The first-order valence-corrected chi connectivity index (χ1v) is 11.4. The Morgan fingerprint density at radius 1 is 0.968 bits per heavy atom. The van der Waals surface area contributed by atoms with E-state index in [-0.39, 0.29) is 4.90 Å². The van der Waals surface area contributed by atoms with E-state index in [2.05, 4.69) is 5.32 Å². The van der Waals surface area contributed by atoms with Crippen molar-refractivity contribution in [3.63, 3.8) is 0 Å². The summed E-state index contributed by atoms with van der Waals surface area (Å²) in [5.41, 5.74) is 1.56. The van der Waals surface area contributed by atoms with Crippen molar-refractivity contribution in [2.75, 3.05) is 23.3 Å². The molecule has 0 heterocycles. The fourth-order valence-electron chi connectivity index (χ4n) is 2.86. The molecule has 6 nitrogen and oxygen atoms in total.